The van der Waals surface area contributed by atoms with Gasteiger partial charge < -0.3 is 14.0 Å². The fourth-order valence-electron chi connectivity index (χ4n) is 1.78. The number of aromatic nitrogens is 1. The molecular weight excluding hydrogens is 258 g/mol. The highest BCUT2D eigenvalue weighted by Crippen LogP contribution is 2.16. The molecule has 1 aromatic heterocycles. The minimum atomic E-state index is -0.381. The molecule has 0 amide bonds. The van der Waals surface area contributed by atoms with Crippen LogP contribution in [-0.2, 0) is 11.3 Å². The van der Waals surface area contributed by atoms with Gasteiger partial charge in [-0.25, -0.2) is 4.79 Å². The standard InChI is InChI=1S/C15H17NO4/c1-4-18-13-7-5-12(6-8-13)15(17)19-9-14-10(2)16-20-11(14)3/h5-8H,4,9H2,1-3H3. The van der Waals surface area contributed by atoms with E-state index >= 15 is 0 Å². The number of esters is 1. The quantitative estimate of drug-likeness (QED) is 0.785. The van der Waals surface area contributed by atoms with Crippen LogP contribution in [-0.4, -0.2) is 17.7 Å². The van der Waals surface area contributed by atoms with Crippen LogP contribution >= 0.6 is 0 Å². The molecule has 0 aliphatic rings. The van der Waals surface area contributed by atoms with E-state index in [-0.39, 0.29) is 12.6 Å². The first-order chi connectivity index (χ1) is 9.61. The van der Waals surface area contributed by atoms with Crippen molar-refractivity contribution >= 4 is 5.97 Å². The first kappa shape index (κ1) is 14.1. The Morgan fingerprint density at radius 1 is 1.25 bits per heavy atom. The van der Waals surface area contributed by atoms with Crippen LogP contribution in [0.2, 0.25) is 0 Å². The van der Waals surface area contributed by atoms with Gasteiger partial charge in [0.05, 0.1) is 23.4 Å². The number of nitrogens with zero attached hydrogens (tertiary/aromatic N) is 1. The van der Waals surface area contributed by atoms with Crippen LogP contribution in [0.1, 0.15) is 34.3 Å². The van der Waals surface area contributed by atoms with Gasteiger partial charge >= 0.3 is 5.97 Å². The molecule has 1 aromatic carbocycles. The topological polar surface area (TPSA) is 61.6 Å². The van der Waals surface area contributed by atoms with Gasteiger partial charge in [0.15, 0.2) is 0 Å². The van der Waals surface area contributed by atoms with Gasteiger partial charge in [-0.3, -0.25) is 0 Å². The fraction of sp³-hybridized carbons (Fsp3) is 0.333. The van der Waals surface area contributed by atoms with Crippen molar-refractivity contribution in [1.82, 2.24) is 5.16 Å². The molecule has 20 heavy (non-hydrogen) atoms. The summed E-state index contributed by atoms with van der Waals surface area (Å²) in [4.78, 5) is 11.9. The van der Waals surface area contributed by atoms with Crippen LogP contribution in [0.15, 0.2) is 28.8 Å². The van der Waals surface area contributed by atoms with Crippen molar-refractivity contribution in [2.24, 2.45) is 0 Å². The third kappa shape index (κ3) is 3.17. The Labute approximate surface area is 117 Å². The average molecular weight is 275 g/mol. The molecule has 2 rings (SSSR count). The molecule has 0 aliphatic carbocycles. The van der Waals surface area contributed by atoms with Crippen molar-refractivity contribution in [3.05, 3.63) is 46.8 Å². The van der Waals surface area contributed by atoms with Gasteiger partial charge in [-0.2, -0.15) is 0 Å². The highest BCUT2D eigenvalue weighted by molar-refractivity contribution is 5.89. The molecule has 106 valence electrons. The largest absolute Gasteiger partial charge is 0.494 e. The molecule has 1 heterocycles. The van der Waals surface area contributed by atoms with E-state index in [4.69, 9.17) is 14.0 Å². The maximum absolute atomic E-state index is 11.9. The Morgan fingerprint density at radius 2 is 1.95 bits per heavy atom. The average Bonchev–Trinajstić information content (AvgIpc) is 2.77. The highest BCUT2D eigenvalue weighted by Gasteiger charge is 2.13. The predicted octanol–water partition coefficient (Wildman–Crippen LogP) is 3.05. The van der Waals surface area contributed by atoms with Crippen molar-refractivity contribution in [1.29, 1.82) is 0 Å². The first-order valence-electron chi connectivity index (χ1n) is 6.43. The molecule has 0 aliphatic heterocycles. The Morgan fingerprint density at radius 3 is 2.50 bits per heavy atom. The van der Waals surface area contributed by atoms with Crippen LogP contribution < -0.4 is 4.74 Å². The second-order valence-corrected chi connectivity index (χ2v) is 4.34. The molecule has 0 radical (unpaired) electrons. The first-order valence-corrected chi connectivity index (χ1v) is 6.43. The monoisotopic (exact) mass is 275 g/mol. The molecule has 5 nitrogen and oxygen atoms in total. The van der Waals surface area contributed by atoms with Gasteiger partial charge in [-0.05, 0) is 45.0 Å². The molecular formula is C15H17NO4. The van der Waals surface area contributed by atoms with Crippen LogP contribution in [0.3, 0.4) is 0 Å². The number of carbonyl (C=O) groups excluding carboxylic acids is 1. The zero-order chi connectivity index (χ0) is 14.5. The molecule has 0 saturated carbocycles. The van der Waals surface area contributed by atoms with Crippen molar-refractivity contribution in [3.63, 3.8) is 0 Å². The minimum Gasteiger partial charge on any atom is -0.494 e. The summed E-state index contributed by atoms with van der Waals surface area (Å²) in [6.45, 7) is 6.27. The lowest BCUT2D eigenvalue weighted by Crippen LogP contribution is -2.06. The van der Waals surface area contributed by atoms with E-state index in [0.717, 1.165) is 17.0 Å². The van der Waals surface area contributed by atoms with Crippen LogP contribution in [0, 0.1) is 13.8 Å². The van der Waals surface area contributed by atoms with Crippen LogP contribution in [0.25, 0.3) is 0 Å². The number of aryl methyl sites for hydroxylation is 2. The zero-order valence-electron chi connectivity index (χ0n) is 11.8. The lowest BCUT2D eigenvalue weighted by atomic mass is 10.2. The van der Waals surface area contributed by atoms with Gasteiger partial charge in [0.2, 0.25) is 0 Å². The summed E-state index contributed by atoms with van der Waals surface area (Å²) in [5, 5.41) is 3.82. The van der Waals surface area contributed by atoms with Gasteiger partial charge in [-0.1, -0.05) is 5.16 Å². The third-order valence-corrected chi connectivity index (χ3v) is 2.93. The van der Waals surface area contributed by atoms with Crippen molar-refractivity contribution < 1.29 is 18.8 Å². The number of ether oxygens (including phenoxy) is 2. The van der Waals surface area contributed by atoms with E-state index in [1.165, 1.54) is 0 Å². The molecule has 0 bridgehead atoms. The van der Waals surface area contributed by atoms with Crippen molar-refractivity contribution in [2.45, 2.75) is 27.4 Å². The molecule has 2 aromatic rings. The summed E-state index contributed by atoms with van der Waals surface area (Å²) in [5.74, 6) is 1.02. The molecule has 0 saturated heterocycles. The Hall–Kier alpha value is -2.30. The third-order valence-electron chi connectivity index (χ3n) is 2.93. The second kappa shape index (κ2) is 6.23. The summed E-state index contributed by atoms with van der Waals surface area (Å²) in [6.07, 6.45) is 0. The Balaban J connectivity index is 1.98. The second-order valence-electron chi connectivity index (χ2n) is 4.34. The molecule has 0 unspecified atom stereocenters. The summed E-state index contributed by atoms with van der Waals surface area (Å²) >= 11 is 0. The Bertz CT molecular complexity index is 567. The maximum atomic E-state index is 11.9. The fourth-order valence-corrected chi connectivity index (χ4v) is 1.78. The summed E-state index contributed by atoms with van der Waals surface area (Å²) in [5.41, 5.74) is 2.03. The van der Waals surface area contributed by atoms with Gasteiger partial charge in [-0.15, -0.1) is 0 Å². The Kier molecular flexibility index (Phi) is 4.40. The SMILES string of the molecule is CCOc1ccc(C(=O)OCc2c(C)noc2C)cc1. The molecule has 0 atom stereocenters. The van der Waals surface area contributed by atoms with Gasteiger partial charge in [0.1, 0.15) is 18.1 Å². The number of rotatable bonds is 5. The smallest absolute Gasteiger partial charge is 0.338 e. The minimum absolute atomic E-state index is 0.160. The number of hydrogen-bond donors (Lipinski definition) is 0. The molecule has 0 N–H and O–H groups in total. The summed E-state index contributed by atoms with van der Waals surface area (Å²) in [7, 11) is 0. The zero-order valence-corrected chi connectivity index (χ0v) is 11.8. The van der Waals surface area contributed by atoms with E-state index in [0.29, 0.717) is 17.9 Å². The van der Waals surface area contributed by atoms with E-state index in [2.05, 4.69) is 5.16 Å². The normalized spacial score (nSPS) is 10.3. The van der Waals surface area contributed by atoms with Gasteiger partial charge in [0.25, 0.3) is 0 Å². The lowest BCUT2D eigenvalue weighted by molar-refractivity contribution is 0.0471. The van der Waals surface area contributed by atoms with E-state index in [1.807, 2.05) is 13.8 Å². The molecule has 0 fully saturated rings. The molecule has 0 spiro atoms. The van der Waals surface area contributed by atoms with Crippen molar-refractivity contribution in [2.75, 3.05) is 6.61 Å². The maximum Gasteiger partial charge on any atom is 0.338 e. The predicted molar refractivity (Wildman–Crippen MR) is 72.7 cm³/mol. The number of carbonyl (C=O) groups is 1. The highest BCUT2D eigenvalue weighted by atomic mass is 16.5. The van der Waals surface area contributed by atoms with Crippen LogP contribution in [0.4, 0.5) is 0 Å². The van der Waals surface area contributed by atoms with E-state index < -0.39 is 0 Å². The number of benzene rings is 1. The van der Waals surface area contributed by atoms with Crippen molar-refractivity contribution in [3.8, 4) is 5.75 Å². The summed E-state index contributed by atoms with van der Waals surface area (Å²) < 4.78 is 15.6. The lowest BCUT2D eigenvalue weighted by Gasteiger charge is -2.06. The summed E-state index contributed by atoms with van der Waals surface area (Å²) in [6, 6.07) is 6.85. The van der Waals surface area contributed by atoms with E-state index in [9.17, 15) is 4.79 Å². The number of hydrogen-bond acceptors (Lipinski definition) is 5. The molecule has 5 heteroatoms. The van der Waals surface area contributed by atoms with Gasteiger partial charge in [0, 0.05) is 0 Å². The van der Waals surface area contributed by atoms with E-state index in [1.54, 1.807) is 31.2 Å². The van der Waals surface area contributed by atoms with Crippen LogP contribution in [0.5, 0.6) is 5.75 Å².